The van der Waals surface area contributed by atoms with Crippen molar-refractivity contribution in [2.45, 2.75) is 19.3 Å². The molecule has 2 fully saturated rings. The molecule has 8 heteroatoms. The Morgan fingerprint density at radius 2 is 1.70 bits per heavy atom. The summed E-state index contributed by atoms with van der Waals surface area (Å²) in [6.07, 6.45) is 6.22. The Bertz CT molecular complexity index is 964. The summed E-state index contributed by atoms with van der Waals surface area (Å²) >= 11 is 0. The molecule has 3 aromatic rings. The number of H-pyrrole nitrogens is 1. The highest BCUT2D eigenvalue weighted by atomic mass is 16.2. The number of para-hydroxylation sites is 2. The van der Waals surface area contributed by atoms with Gasteiger partial charge in [-0.25, -0.2) is 15.0 Å². The first kappa shape index (κ1) is 18.8. The zero-order chi connectivity index (χ0) is 20.3. The number of nitrogens with zero attached hydrogens (tertiary/aromatic N) is 6. The summed E-state index contributed by atoms with van der Waals surface area (Å²) in [5.41, 5.74) is 2.04. The molecular formula is C22H27N7O. The van der Waals surface area contributed by atoms with E-state index in [9.17, 15) is 4.79 Å². The van der Waals surface area contributed by atoms with Gasteiger partial charge in [0, 0.05) is 57.6 Å². The first-order valence-corrected chi connectivity index (χ1v) is 10.8. The fourth-order valence-corrected chi connectivity index (χ4v) is 4.48. The Morgan fingerprint density at radius 3 is 2.50 bits per heavy atom. The minimum Gasteiger partial charge on any atom is -0.341 e. The number of imidazole rings is 1. The van der Waals surface area contributed by atoms with Gasteiger partial charge in [-0.15, -0.1) is 0 Å². The lowest BCUT2D eigenvalue weighted by Crippen LogP contribution is -2.44. The van der Waals surface area contributed by atoms with Gasteiger partial charge in [-0.05, 0) is 37.5 Å². The molecule has 1 aromatic carbocycles. The maximum atomic E-state index is 13.2. The van der Waals surface area contributed by atoms with Gasteiger partial charge in [0.15, 0.2) is 0 Å². The van der Waals surface area contributed by atoms with E-state index in [0.717, 1.165) is 81.5 Å². The average molecular weight is 406 g/mol. The van der Waals surface area contributed by atoms with E-state index in [2.05, 4.69) is 29.7 Å². The van der Waals surface area contributed by atoms with Crippen LogP contribution in [0.3, 0.4) is 0 Å². The first-order chi connectivity index (χ1) is 14.8. The van der Waals surface area contributed by atoms with Gasteiger partial charge in [0.1, 0.15) is 0 Å². The number of aromatic nitrogens is 4. The molecule has 156 valence electrons. The molecule has 0 bridgehead atoms. The molecule has 0 aliphatic carbocycles. The van der Waals surface area contributed by atoms with Crippen LogP contribution >= 0.6 is 0 Å². The molecule has 0 saturated carbocycles. The second-order valence-electron chi connectivity index (χ2n) is 8.05. The number of benzene rings is 1. The third-order valence-corrected chi connectivity index (χ3v) is 6.16. The second kappa shape index (κ2) is 8.30. The highest BCUT2D eigenvalue weighted by Crippen LogP contribution is 2.24. The minimum atomic E-state index is 0.0997. The highest BCUT2D eigenvalue weighted by molar-refractivity contribution is 5.79. The van der Waals surface area contributed by atoms with Crippen molar-refractivity contribution in [2.75, 3.05) is 49.1 Å². The number of hydrogen-bond acceptors (Lipinski definition) is 6. The molecule has 4 heterocycles. The molecule has 2 aliphatic rings. The highest BCUT2D eigenvalue weighted by Gasteiger charge is 2.30. The molecule has 0 radical (unpaired) electrons. The van der Waals surface area contributed by atoms with Crippen molar-refractivity contribution < 1.29 is 4.79 Å². The van der Waals surface area contributed by atoms with E-state index in [1.165, 1.54) is 0 Å². The fraction of sp³-hybridized carbons (Fsp3) is 0.455. The topological polar surface area (TPSA) is 81.2 Å². The molecule has 0 atom stereocenters. The number of rotatable bonds is 3. The van der Waals surface area contributed by atoms with Crippen LogP contribution in [0.5, 0.6) is 0 Å². The Balaban J connectivity index is 1.18. The van der Waals surface area contributed by atoms with Gasteiger partial charge in [0.2, 0.25) is 17.8 Å². The summed E-state index contributed by atoms with van der Waals surface area (Å²) in [5.74, 6) is 2.07. The molecule has 0 spiro atoms. The summed E-state index contributed by atoms with van der Waals surface area (Å²) in [4.78, 5) is 36.5. The van der Waals surface area contributed by atoms with E-state index in [1.54, 1.807) is 12.4 Å². The number of fused-ring (bicyclic) bond motifs is 1. The van der Waals surface area contributed by atoms with Gasteiger partial charge in [-0.2, -0.15) is 0 Å². The summed E-state index contributed by atoms with van der Waals surface area (Å²) in [6, 6.07) is 9.92. The van der Waals surface area contributed by atoms with Gasteiger partial charge >= 0.3 is 0 Å². The number of carbonyl (C=O) groups excluding carboxylic acids is 1. The molecule has 2 saturated heterocycles. The second-order valence-corrected chi connectivity index (χ2v) is 8.05. The predicted octanol–water partition coefficient (Wildman–Crippen LogP) is 2.31. The van der Waals surface area contributed by atoms with E-state index in [0.29, 0.717) is 5.91 Å². The predicted molar refractivity (Wildman–Crippen MR) is 116 cm³/mol. The SMILES string of the molecule is O=C(C1CCN(c2ncccn2)CC1)N1CCCN(c2nc3ccccc3[nH]2)CC1. The van der Waals surface area contributed by atoms with E-state index in [4.69, 9.17) is 4.98 Å². The Hall–Kier alpha value is -3.16. The van der Waals surface area contributed by atoms with Gasteiger partial charge in [-0.3, -0.25) is 4.79 Å². The molecule has 8 nitrogen and oxygen atoms in total. The van der Waals surface area contributed by atoms with Crippen LogP contribution in [-0.4, -0.2) is 70.0 Å². The number of carbonyl (C=O) groups is 1. The molecule has 1 amide bonds. The Morgan fingerprint density at radius 1 is 0.900 bits per heavy atom. The van der Waals surface area contributed by atoms with Crippen LogP contribution in [0.1, 0.15) is 19.3 Å². The van der Waals surface area contributed by atoms with Crippen molar-refractivity contribution in [1.82, 2.24) is 24.8 Å². The number of aromatic amines is 1. The Labute approximate surface area is 175 Å². The quantitative estimate of drug-likeness (QED) is 0.720. The number of anilines is 2. The van der Waals surface area contributed by atoms with E-state index >= 15 is 0 Å². The lowest BCUT2D eigenvalue weighted by atomic mass is 9.95. The number of hydrogen-bond donors (Lipinski definition) is 1. The maximum absolute atomic E-state index is 13.2. The minimum absolute atomic E-state index is 0.0997. The van der Waals surface area contributed by atoms with Crippen molar-refractivity contribution in [3.8, 4) is 0 Å². The lowest BCUT2D eigenvalue weighted by molar-refractivity contribution is -0.136. The van der Waals surface area contributed by atoms with Gasteiger partial charge in [0.25, 0.3) is 0 Å². The molecule has 1 N–H and O–H groups in total. The van der Waals surface area contributed by atoms with Crippen molar-refractivity contribution in [3.63, 3.8) is 0 Å². The van der Waals surface area contributed by atoms with Crippen molar-refractivity contribution in [3.05, 3.63) is 42.7 Å². The zero-order valence-electron chi connectivity index (χ0n) is 17.1. The third-order valence-electron chi connectivity index (χ3n) is 6.16. The van der Waals surface area contributed by atoms with E-state index in [1.807, 2.05) is 30.3 Å². The van der Waals surface area contributed by atoms with Gasteiger partial charge in [-0.1, -0.05) is 12.1 Å². The molecule has 0 unspecified atom stereocenters. The molecule has 2 aromatic heterocycles. The molecule has 30 heavy (non-hydrogen) atoms. The number of amides is 1. The normalized spacial score (nSPS) is 18.6. The lowest BCUT2D eigenvalue weighted by Gasteiger charge is -2.34. The van der Waals surface area contributed by atoms with Crippen LogP contribution in [0.2, 0.25) is 0 Å². The van der Waals surface area contributed by atoms with Crippen LogP contribution in [0, 0.1) is 5.92 Å². The zero-order valence-corrected chi connectivity index (χ0v) is 17.1. The molecule has 2 aliphatic heterocycles. The largest absolute Gasteiger partial charge is 0.341 e. The standard InChI is InChI=1S/C22H27N7O/c30-20(17-7-13-29(14-8-17)21-23-9-3-10-24-21)27-11-4-12-28(16-15-27)22-25-18-5-1-2-6-19(18)26-22/h1-3,5-6,9-10,17H,4,7-8,11-16H2,(H,25,26). The summed E-state index contributed by atoms with van der Waals surface area (Å²) in [6.45, 7) is 4.95. The van der Waals surface area contributed by atoms with Gasteiger partial charge < -0.3 is 19.7 Å². The smallest absolute Gasteiger partial charge is 0.225 e. The number of piperidine rings is 1. The van der Waals surface area contributed by atoms with Crippen molar-refractivity contribution in [1.29, 1.82) is 0 Å². The van der Waals surface area contributed by atoms with Crippen LogP contribution in [0.15, 0.2) is 42.7 Å². The summed E-state index contributed by atoms with van der Waals surface area (Å²) in [5, 5.41) is 0. The molecule has 5 rings (SSSR count). The van der Waals surface area contributed by atoms with Crippen LogP contribution in [-0.2, 0) is 4.79 Å². The Kier molecular flexibility index (Phi) is 5.21. The summed E-state index contributed by atoms with van der Waals surface area (Å²) in [7, 11) is 0. The molecular weight excluding hydrogens is 378 g/mol. The van der Waals surface area contributed by atoms with Crippen molar-refractivity contribution >= 4 is 28.8 Å². The monoisotopic (exact) mass is 405 g/mol. The maximum Gasteiger partial charge on any atom is 0.225 e. The third kappa shape index (κ3) is 3.81. The van der Waals surface area contributed by atoms with Crippen LogP contribution in [0.4, 0.5) is 11.9 Å². The van der Waals surface area contributed by atoms with E-state index in [-0.39, 0.29) is 5.92 Å². The van der Waals surface area contributed by atoms with Gasteiger partial charge in [0.05, 0.1) is 11.0 Å². The first-order valence-electron chi connectivity index (χ1n) is 10.8. The average Bonchev–Trinajstić information content (AvgIpc) is 3.09. The van der Waals surface area contributed by atoms with Crippen LogP contribution < -0.4 is 9.80 Å². The van der Waals surface area contributed by atoms with Crippen molar-refractivity contribution in [2.24, 2.45) is 5.92 Å². The van der Waals surface area contributed by atoms with Crippen LogP contribution in [0.25, 0.3) is 11.0 Å². The number of nitrogens with one attached hydrogen (secondary N) is 1. The van der Waals surface area contributed by atoms with E-state index < -0.39 is 0 Å². The fourth-order valence-electron chi connectivity index (χ4n) is 4.48. The summed E-state index contributed by atoms with van der Waals surface area (Å²) < 4.78 is 0.